The largest absolute Gasteiger partial charge is 0.385 e. The van der Waals surface area contributed by atoms with Crippen LogP contribution in [0.25, 0.3) is 0 Å². The fourth-order valence-corrected chi connectivity index (χ4v) is 2.90. The Balaban J connectivity index is 2.36. The summed E-state index contributed by atoms with van der Waals surface area (Å²) in [6.07, 6.45) is 1.22. The van der Waals surface area contributed by atoms with Crippen molar-refractivity contribution in [3.8, 4) is 0 Å². The summed E-state index contributed by atoms with van der Waals surface area (Å²) in [6, 6.07) is 6.13. The van der Waals surface area contributed by atoms with Crippen molar-refractivity contribution in [3.63, 3.8) is 0 Å². The van der Waals surface area contributed by atoms with Crippen LogP contribution in [0.2, 0.25) is 5.02 Å². The maximum atomic E-state index is 5.97. The Bertz CT molecular complexity index is 327. The fraction of sp³-hybridized carbons (Fsp3) is 0.455. The molecule has 1 nitrogen and oxygen atoms in total. The van der Waals surface area contributed by atoms with Crippen molar-refractivity contribution >= 4 is 29.1 Å². The second-order valence-electron chi connectivity index (χ2n) is 3.52. The van der Waals surface area contributed by atoms with Gasteiger partial charge in [-0.3, -0.25) is 0 Å². The van der Waals surface area contributed by atoms with E-state index < -0.39 is 0 Å². The van der Waals surface area contributed by atoms with Gasteiger partial charge in [0.1, 0.15) is 0 Å². The van der Waals surface area contributed by atoms with Gasteiger partial charge >= 0.3 is 0 Å². The summed E-state index contributed by atoms with van der Waals surface area (Å²) in [5, 5.41) is 4.82. The minimum atomic E-state index is 0.565. The molecule has 1 heterocycles. The average Bonchev–Trinajstić information content (AvgIpc) is 2.14. The molecule has 0 spiro atoms. The van der Waals surface area contributed by atoms with Crippen molar-refractivity contribution in [2.75, 3.05) is 17.6 Å². The van der Waals surface area contributed by atoms with E-state index in [9.17, 15) is 0 Å². The van der Waals surface area contributed by atoms with Crippen LogP contribution in [0, 0.1) is 0 Å². The number of rotatable bonds is 0. The molecule has 1 aromatic rings. The lowest BCUT2D eigenvalue weighted by Crippen LogP contribution is -2.09. The van der Waals surface area contributed by atoms with E-state index in [0.29, 0.717) is 5.25 Å². The zero-order valence-electron chi connectivity index (χ0n) is 8.22. The predicted molar refractivity (Wildman–Crippen MR) is 65.4 cm³/mol. The summed E-state index contributed by atoms with van der Waals surface area (Å²) < 4.78 is 0. The highest BCUT2D eigenvalue weighted by Crippen LogP contribution is 2.36. The van der Waals surface area contributed by atoms with Crippen LogP contribution in [0.3, 0.4) is 0 Å². The lowest BCUT2D eigenvalue weighted by Gasteiger charge is -2.20. The van der Waals surface area contributed by atoms with Crippen LogP contribution in [-0.4, -0.2) is 12.3 Å². The van der Waals surface area contributed by atoms with Gasteiger partial charge in [-0.15, -0.1) is 0 Å². The van der Waals surface area contributed by atoms with Crippen molar-refractivity contribution in [1.29, 1.82) is 0 Å². The van der Waals surface area contributed by atoms with E-state index in [0.717, 1.165) is 11.6 Å². The van der Waals surface area contributed by atoms with Gasteiger partial charge in [-0.05, 0) is 36.8 Å². The lowest BCUT2D eigenvalue weighted by molar-refractivity contribution is 0.957. The molecule has 1 atom stereocenters. The molecule has 0 bridgehead atoms. The third kappa shape index (κ3) is 2.18. The molecular weight excluding hydrogens is 214 g/mol. The number of benzene rings is 1. The zero-order chi connectivity index (χ0) is 9.97. The smallest absolute Gasteiger partial charge is 0.0426 e. The van der Waals surface area contributed by atoms with Crippen LogP contribution in [-0.2, 0) is 0 Å². The Morgan fingerprint density at radius 3 is 3.21 bits per heavy atom. The van der Waals surface area contributed by atoms with Gasteiger partial charge in [-0.1, -0.05) is 17.7 Å². The summed E-state index contributed by atoms with van der Waals surface area (Å²) in [6.45, 7) is 3.30. The van der Waals surface area contributed by atoms with Gasteiger partial charge < -0.3 is 5.32 Å². The molecule has 0 fully saturated rings. The Hall–Kier alpha value is -0.340. The molecular formula is C11H14ClNS. The van der Waals surface area contributed by atoms with Gasteiger partial charge in [-0.25, -0.2) is 0 Å². The highest BCUT2D eigenvalue weighted by Gasteiger charge is 2.13. The summed E-state index contributed by atoms with van der Waals surface area (Å²) >= 11 is 7.99. The average molecular weight is 228 g/mol. The van der Waals surface area contributed by atoms with E-state index >= 15 is 0 Å². The highest BCUT2D eigenvalue weighted by atomic mass is 35.5. The number of hydrogen-bond acceptors (Lipinski definition) is 2. The van der Waals surface area contributed by atoms with E-state index in [4.69, 9.17) is 11.6 Å². The monoisotopic (exact) mass is 227 g/mol. The first-order valence-electron chi connectivity index (χ1n) is 4.92. The van der Waals surface area contributed by atoms with Crippen molar-refractivity contribution in [3.05, 3.63) is 28.8 Å². The third-order valence-corrected chi connectivity index (χ3v) is 3.97. The maximum absolute atomic E-state index is 5.97. The second-order valence-corrected chi connectivity index (χ2v) is 5.41. The molecule has 0 amide bonds. The molecule has 3 heteroatoms. The quantitative estimate of drug-likeness (QED) is 0.720. The number of nitrogens with one attached hydrogen (secondary N) is 1. The van der Waals surface area contributed by atoms with Gasteiger partial charge in [0.05, 0.1) is 0 Å². The molecule has 0 radical (unpaired) electrons. The van der Waals surface area contributed by atoms with Gasteiger partial charge in [0.2, 0.25) is 0 Å². The van der Waals surface area contributed by atoms with E-state index in [-0.39, 0.29) is 0 Å². The van der Waals surface area contributed by atoms with Crippen molar-refractivity contribution < 1.29 is 0 Å². The lowest BCUT2D eigenvalue weighted by atomic mass is 10.1. The molecule has 14 heavy (non-hydrogen) atoms. The third-order valence-electron chi connectivity index (χ3n) is 2.46. The molecule has 1 unspecified atom stereocenters. The molecule has 0 aliphatic carbocycles. The second kappa shape index (κ2) is 4.45. The first-order valence-corrected chi connectivity index (χ1v) is 6.35. The van der Waals surface area contributed by atoms with Gasteiger partial charge in [0.15, 0.2) is 0 Å². The van der Waals surface area contributed by atoms with Crippen LogP contribution >= 0.6 is 23.4 Å². The molecule has 1 aliphatic rings. The molecule has 1 N–H and O–H groups in total. The Kier molecular flexibility index (Phi) is 3.24. The highest BCUT2D eigenvalue weighted by molar-refractivity contribution is 7.99. The number of fused-ring (bicyclic) bond motifs is 1. The summed E-state index contributed by atoms with van der Waals surface area (Å²) in [4.78, 5) is 0. The van der Waals surface area contributed by atoms with Crippen LogP contribution < -0.4 is 5.32 Å². The van der Waals surface area contributed by atoms with E-state index in [1.165, 1.54) is 23.4 Å². The number of anilines is 1. The maximum Gasteiger partial charge on any atom is 0.0426 e. The molecule has 2 rings (SSSR count). The standard InChI is InChI=1S/C11H14ClNS/c1-8-10-4-3-9(12)7-11(10)13-5-2-6-14-8/h3-4,7-8,13H,2,5-6H2,1H3. The molecule has 1 aliphatic heterocycles. The number of hydrogen-bond donors (Lipinski definition) is 1. The van der Waals surface area contributed by atoms with Crippen LogP contribution in [0.1, 0.15) is 24.2 Å². The van der Waals surface area contributed by atoms with E-state index in [1.54, 1.807) is 0 Å². The summed E-state index contributed by atoms with van der Waals surface area (Å²) in [5.74, 6) is 1.23. The summed E-state index contributed by atoms with van der Waals surface area (Å²) in [7, 11) is 0. The van der Waals surface area contributed by atoms with Crippen molar-refractivity contribution in [1.82, 2.24) is 0 Å². The van der Waals surface area contributed by atoms with Crippen LogP contribution in [0.5, 0.6) is 0 Å². The molecule has 0 saturated carbocycles. The van der Waals surface area contributed by atoms with Gasteiger partial charge in [0, 0.05) is 22.5 Å². The minimum absolute atomic E-state index is 0.565. The molecule has 0 aromatic heterocycles. The van der Waals surface area contributed by atoms with E-state index in [2.05, 4.69) is 18.3 Å². The van der Waals surface area contributed by atoms with Crippen LogP contribution in [0.4, 0.5) is 5.69 Å². The fourth-order valence-electron chi connectivity index (χ4n) is 1.68. The normalized spacial score (nSPS) is 21.7. The minimum Gasteiger partial charge on any atom is -0.385 e. The summed E-state index contributed by atoms with van der Waals surface area (Å²) in [5.41, 5.74) is 2.58. The van der Waals surface area contributed by atoms with E-state index in [1.807, 2.05) is 23.9 Å². The Morgan fingerprint density at radius 1 is 1.50 bits per heavy atom. The molecule has 1 aromatic carbocycles. The first kappa shape index (κ1) is 10.2. The number of thioether (sulfide) groups is 1. The Labute approximate surface area is 94.2 Å². The topological polar surface area (TPSA) is 12.0 Å². The molecule has 0 saturated heterocycles. The van der Waals surface area contributed by atoms with Gasteiger partial charge in [0.25, 0.3) is 0 Å². The zero-order valence-corrected chi connectivity index (χ0v) is 9.79. The van der Waals surface area contributed by atoms with Gasteiger partial charge in [-0.2, -0.15) is 11.8 Å². The number of halogens is 1. The predicted octanol–water partition coefficient (Wildman–Crippen LogP) is 3.95. The molecule has 76 valence electrons. The SMILES string of the molecule is CC1SCCCNc2cc(Cl)ccc21. The van der Waals surface area contributed by atoms with Crippen molar-refractivity contribution in [2.24, 2.45) is 0 Å². The Morgan fingerprint density at radius 2 is 2.36 bits per heavy atom. The first-order chi connectivity index (χ1) is 6.77. The van der Waals surface area contributed by atoms with Crippen molar-refractivity contribution in [2.45, 2.75) is 18.6 Å². The van der Waals surface area contributed by atoms with Crippen LogP contribution in [0.15, 0.2) is 18.2 Å².